The van der Waals surface area contributed by atoms with Gasteiger partial charge < -0.3 is 5.73 Å². The molecule has 7 heteroatoms. The Balaban J connectivity index is 2.18. The Labute approximate surface area is 144 Å². The van der Waals surface area contributed by atoms with Gasteiger partial charge in [-0.1, -0.05) is 28.1 Å². The Morgan fingerprint density at radius 1 is 1.35 bits per heavy atom. The monoisotopic (exact) mass is 391 g/mol. The van der Waals surface area contributed by atoms with E-state index in [4.69, 9.17) is 5.73 Å². The Morgan fingerprint density at radius 3 is 2.70 bits per heavy atom. The number of carbonyl (C=O) groups excluding carboxylic acids is 1. The number of nitrogens with two attached hydrogens (primary N) is 1. The summed E-state index contributed by atoms with van der Waals surface area (Å²) >= 11 is 4.86. The summed E-state index contributed by atoms with van der Waals surface area (Å²) in [5.74, 6) is 0.155. The van der Waals surface area contributed by atoms with Gasteiger partial charge in [-0.15, -0.1) is 11.3 Å². The molecule has 0 saturated carbocycles. The van der Waals surface area contributed by atoms with E-state index in [1.807, 2.05) is 29.6 Å². The summed E-state index contributed by atoms with van der Waals surface area (Å²) in [6.45, 7) is 2.01. The Kier molecular flexibility index (Phi) is 4.32. The third-order valence-electron chi connectivity index (χ3n) is 3.62. The fraction of sp³-hybridized carbons (Fsp3) is 0.188. The number of carbonyl (C=O) groups is 1. The number of hydrogen-bond donors (Lipinski definition) is 1. The second kappa shape index (κ2) is 6.25. The molecule has 118 valence electrons. The number of halogens is 1. The van der Waals surface area contributed by atoms with Crippen LogP contribution in [0.5, 0.6) is 0 Å². The van der Waals surface area contributed by atoms with Gasteiger partial charge in [-0.25, -0.2) is 4.98 Å². The first kappa shape index (κ1) is 15.9. The number of primary amides is 1. The fourth-order valence-electron chi connectivity index (χ4n) is 2.45. The Bertz CT molecular complexity index is 944. The van der Waals surface area contributed by atoms with E-state index in [2.05, 4.69) is 20.9 Å². The molecule has 2 aromatic heterocycles. The molecular formula is C16H14BrN3O2S. The van der Waals surface area contributed by atoms with Gasteiger partial charge in [0.15, 0.2) is 0 Å². The summed E-state index contributed by atoms with van der Waals surface area (Å²) in [7, 11) is 0. The predicted molar refractivity (Wildman–Crippen MR) is 95.6 cm³/mol. The van der Waals surface area contributed by atoms with Crippen molar-refractivity contribution in [3.05, 3.63) is 50.3 Å². The van der Waals surface area contributed by atoms with Gasteiger partial charge in [0.2, 0.25) is 5.91 Å². The van der Waals surface area contributed by atoms with Crippen molar-refractivity contribution < 1.29 is 4.79 Å². The number of thiophene rings is 1. The standard InChI is InChI=1S/C16H14BrN3O2S/c1-9-19-15-14(16(22)20(9)7-6-13(18)21)12(8-23-15)10-2-4-11(17)5-3-10/h2-5,8H,6-7H2,1H3,(H2,18,21). The van der Waals surface area contributed by atoms with Crippen LogP contribution < -0.4 is 11.3 Å². The van der Waals surface area contributed by atoms with E-state index in [-0.39, 0.29) is 18.5 Å². The second-order valence-corrected chi connectivity index (χ2v) is 6.94. The third-order valence-corrected chi connectivity index (χ3v) is 5.02. The van der Waals surface area contributed by atoms with E-state index in [0.717, 1.165) is 15.6 Å². The summed E-state index contributed by atoms with van der Waals surface area (Å²) in [5.41, 5.74) is 6.88. The van der Waals surface area contributed by atoms with Crippen LogP contribution in [-0.2, 0) is 11.3 Å². The topological polar surface area (TPSA) is 78.0 Å². The van der Waals surface area contributed by atoms with Crippen molar-refractivity contribution in [1.82, 2.24) is 9.55 Å². The van der Waals surface area contributed by atoms with Crippen molar-refractivity contribution >= 4 is 43.4 Å². The van der Waals surface area contributed by atoms with Crippen LogP contribution in [0.3, 0.4) is 0 Å². The molecule has 0 radical (unpaired) electrons. The Hall–Kier alpha value is -1.99. The van der Waals surface area contributed by atoms with Crippen molar-refractivity contribution in [2.24, 2.45) is 5.73 Å². The Morgan fingerprint density at radius 2 is 2.04 bits per heavy atom. The van der Waals surface area contributed by atoms with Crippen LogP contribution >= 0.6 is 27.3 Å². The highest BCUT2D eigenvalue weighted by Gasteiger charge is 2.15. The number of nitrogens with zero attached hydrogens (tertiary/aromatic N) is 2. The molecular weight excluding hydrogens is 378 g/mol. The maximum Gasteiger partial charge on any atom is 0.262 e. The molecule has 0 aliphatic heterocycles. The van der Waals surface area contributed by atoms with Crippen LogP contribution in [0.2, 0.25) is 0 Å². The number of benzene rings is 1. The number of amides is 1. The number of fused-ring (bicyclic) bond motifs is 1. The number of rotatable bonds is 4. The van der Waals surface area contributed by atoms with Crippen LogP contribution in [0, 0.1) is 6.92 Å². The molecule has 0 unspecified atom stereocenters. The zero-order valence-corrected chi connectivity index (χ0v) is 14.8. The summed E-state index contributed by atoms with van der Waals surface area (Å²) in [6.07, 6.45) is 0.117. The van der Waals surface area contributed by atoms with Crippen molar-refractivity contribution in [1.29, 1.82) is 0 Å². The first-order valence-corrected chi connectivity index (χ1v) is 8.67. The number of hydrogen-bond acceptors (Lipinski definition) is 4. The molecule has 3 aromatic rings. The van der Waals surface area contributed by atoms with E-state index in [0.29, 0.717) is 16.0 Å². The maximum atomic E-state index is 12.9. The summed E-state index contributed by atoms with van der Waals surface area (Å²) < 4.78 is 2.50. The van der Waals surface area contributed by atoms with Crippen molar-refractivity contribution in [2.45, 2.75) is 19.9 Å². The molecule has 0 saturated heterocycles. The maximum absolute atomic E-state index is 12.9. The molecule has 0 spiro atoms. The van der Waals surface area contributed by atoms with E-state index >= 15 is 0 Å². The molecule has 23 heavy (non-hydrogen) atoms. The smallest absolute Gasteiger partial charge is 0.262 e. The summed E-state index contributed by atoms with van der Waals surface area (Å²) in [6, 6.07) is 7.79. The SMILES string of the molecule is Cc1nc2scc(-c3ccc(Br)cc3)c2c(=O)n1CCC(N)=O. The first-order valence-electron chi connectivity index (χ1n) is 7.00. The lowest BCUT2D eigenvalue weighted by molar-refractivity contribution is -0.118. The molecule has 5 nitrogen and oxygen atoms in total. The van der Waals surface area contributed by atoms with E-state index < -0.39 is 5.91 Å². The van der Waals surface area contributed by atoms with Gasteiger partial charge in [0.1, 0.15) is 10.7 Å². The van der Waals surface area contributed by atoms with Crippen LogP contribution in [0.25, 0.3) is 21.3 Å². The van der Waals surface area contributed by atoms with E-state index in [1.54, 1.807) is 6.92 Å². The number of aryl methyl sites for hydroxylation is 1. The quantitative estimate of drug-likeness (QED) is 0.741. The van der Waals surface area contributed by atoms with Crippen molar-refractivity contribution in [2.75, 3.05) is 0 Å². The molecule has 2 N–H and O–H groups in total. The minimum absolute atomic E-state index is 0.117. The first-order chi connectivity index (χ1) is 11.0. The van der Waals surface area contributed by atoms with Gasteiger partial charge in [-0.3, -0.25) is 14.2 Å². The van der Waals surface area contributed by atoms with Gasteiger partial charge in [-0.2, -0.15) is 0 Å². The normalized spacial score (nSPS) is 11.0. The molecule has 1 amide bonds. The van der Waals surface area contributed by atoms with Crippen LogP contribution in [0.15, 0.2) is 38.9 Å². The van der Waals surface area contributed by atoms with Crippen molar-refractivity contribution in [3.63, 3.8) is 0 Å². The van der Waals surface area contributed by atoms with Crippen LogP contribution in [0.4, 0.5) is 0 Å². The minimum atomic E-state index is -0.435. The van der Waals surface area contributed by atoms with Gasteiger partial charge >= 0.3 is 0 Å². The zero-order chi connectivity index (χ0) is 16.6. The summed E-state index contributed by atoms with van der Waals surface area (Å²) in [5, 5.41) is 2.53. The second-order valence-electron chi connectivity index (χ2n) is 5.17. The van der Waals surface area contributed by atoms with E-state index in [9.17, 15) is 9.59 Å². The van der Waals surface area contributed by atoms with Crippen LogP contribution in [-0.4, -0.2) is 15.5 Å². The summed E-state index contributed by atoms with van der Waals surface area (Å²) in [4.78, 5) is 29.1. The average Bonchev–Trinajstić information content (AvgIpc) is 2.91. The molecule has 0 bridgehead atoms. The molecule has 0 aliphatic carbocycles. The lowest BCUT2D eigenvalue weighted by Crippen LogP contribution is -2.26. The van der Waals surface area contributed by atoms with Crippen molar-refractivity contribution in [3.8, 4) is 11.1 Å². The predicted octanol–water partition coefficient (Wildman–Crippen LogP) is 3.07. The van der Waals surface area contributed by atoms with Gasteiger partial charge in [0.05, 0.1) is 5.39 Å². The minimum Gasteiger partial charge on any atom is -0.370 e. The molecule has 0 fully saturated rings. The lowest BCUT2D eigenvalue weighted by atomic mass is 10.1. The highest BCUT2D eigenvalue weighted by Crippen LogP contribution is 2.31. The molecule has 2 heterocycles. The largest absolute Gasteiger partial charge is 0.370 e. The molecule has 0 atom stereocenters. The highest BCUT2D eigenvalue weighted by molar-refractivity contribution is 9.10. The number of aromatic nitrogens is 2. The highest BCUT2D eigenvalue weighted by atomic mass is 79.9. The molecule has 3 rings (SSSR count). The molecule has 1 aromatic carbocycles. The third kappa shape index (κ3) is 3.07. The van der Waals surface area contributed by atoms with E-state index in [1.165, 1.54) is 15.9 Å². The van der Waals surface area contributed by atoms with Gasteiger partial charge in [0, 0.05) is 28.4 Å². The van der Waals surface area contributed by atoms with Crippen LogP contribution in [0.1, 0.15) is 12.2 Å². The van der Waals surface area contributed by atoms with Gasteiger partial charge in [-0.05, 0) is 24.6 Å². The lowest BCUT2D eigenvalue weighted by Gasteiger charge is -2.09. The average molecular weight is 392 g/mol. The fourth-order valence-corrected chi connectivity index (χ4v) is 3.70. The zero-order valence-electron chi connectivity index (χ0n) is 12.4. The molecule has 0 aliphatic rings. The van der Waals surface area contributed by atoms with Gasteiger partial charge in [0.25, 0.3) is 5.56 Å².